The van der Waals surface area contributed by atoms with Crippen LogP contribution in [0.5, 0.6) is 0 Å². The lowest BCUT2D eigenvalue weighted by molar-refractivity contribution is 0.688. The van der Waals surface area contributed by atoms with Crippen molar-refractivity contribution in [3.05, 3.63) is 53.5 Å². The maximum Gasteiger partial charge on any atom is 0.0666 e. The van der Waals surface area contributed by atoms with Crippen LogP contribution in [0.1, 0.15) is 23.7 Å². The van der Waals surface area contributed by atoms with Crippen molar-refractivity contribution in [2.24, 2.45) is 7.05 Å². The number of H-pyrrole nitrogens is 1. The smallest absolute Gasteiger partial charge is 0.0666 e. The van der Waals surface area contributed by atoms with E-state index >= 15 is 0 Å². The molecule has 3 rings (SSSR count). The zero-order valence-corrected chi connectivity index (χ0v) is 12.0. The maximum absolute atomic E-state index is 4.46. The highest BCUT2D eigenvalue weighted by Crippen LogP contribution is 2.14. The van der Waals surface area contributed by atoms with E-state index in [1.165, 1.54) is 27.7 Å². The molecule has 20 heavy (non-hydrogen) atoms. The lowest BCUT2D eigenvalue weighted by Crippen LogP contribution is -2.13. The van der Waals surface area contributed by atoms with Gasteiger partial charge in [-0.3, -0.25) is 4.68 Å². The Bertz CT molecular complexity index is 708. The number of fused-ring (bicyclic) bond motifs is 1. The number of nitrogens with one attached hydrogen (secondary N) is 2. The molecule has 0 aliphatic rings. The van der Waals surface area contributed by atoms with Gasteiger partial charge in [-0.1, -0.05) is 13.0 Å². The number of benzene rings is 1. The SMILES string of the molecule is CCc1nn(C)cc1CNCc1ccc2[nH]ccc2c1. The van der Waals surface area contributed by atoms with Gasteiger partial charge in [-0.15, -0.1) is 0 Å². The summed E-state index contributed by atoms with van der Waals surface area (Å²) < 4.78 is 1.89. The second kappa shape index (κ2) is 5.51. The van der Waals surface area contributed by atoms with E-state index in [0.29, 0.717) is 0 Å². The topological polar surface area (TPSA) is 45.6 Å². The normalized spacial score (nSPS) is 11.3. The fraction of sp³-hybridized carbons (Fsp3) is 0.312. The highest BCUT2D eigenvalue weighted by Gasteiger charge is 2.05. The summed E-state index contributed by atoms with van der Waals surface area (Å²) in [6.07, 6.45) is 5.05. The molecule has 0 fully saturated rings. The van der Waals surface area contributed by atoms with Crippen LogP contribution in [0, 0.1) is 0 Å². The molecule has 0 saturated heterocycles. The molecule has 4 nitrogen and oxygen atoms in total. The van der Waals surface area contributed by atoms with Gasteiger partial charge in [-0.05, 0) is 35.6 Å². The minimum atomic E-state index is 0.863. The standard InChI is InChI=1S/C16H20N4/c1-3-15-14(11-20(2)19-15)10-17-9-12-4-5-16-13(8-12)6-7-18-16/h4-8,11,17-18H,3,9-10H2,1-2H3. The lowest BCUT2D eigenvalue weighted by atomic mass is 10.1. The number of aryl methyl sites for hydroxylation is 2. The Labute approximate surface area is 118 Å². The summed E-state index contributed by atoms with van der Waals surface area (Å²) in [6.45, 7) is 3.88. The molecule has 0 aliphatic carbocycles. The van der Waals surface area contributed by atoms with E-state index in [1.807, 2.05) is 17.9 Å². The van der Waals surface area contributed by atoms with Crippen molar-refractivity contribution in [3.63, 3.8) is 0 Å². The van der Waals surface area contributed by atoms with Crippen LogP contribution in [0.3, 0.4) is 0 Å². The summed E-state index contributed by atoms with van der Waals surface area (Å²) in [5, 5.41) is 9.22. The van der Waals surface area contributed by atoms with E-state index in [-0.39, 0.29) is 0 Å². The third kappa shape index (κ3) is 2.60. The Hall–Kier alpha value is -2.07. The quantitative estimate of drug-likeness (QED) is 0.747. The van der Waals surface area contributed by atoms with Crippen LogP contribution < -0.4 is 5.32 Å². The van der Waals surface area contributed by atoms with Crippen LogP contribution >= 0.6 is 0 Å². The molecule has 2 heterocycles. The van der Waals surface area contributed by atoms with Crippen LogP contribution in [0.15, 0.2) is 36.7 Å². The van der Waals surface area contributed by atoms with Crippen LogP contribution in [0.25, 0.3) is 10.9 Å². The van der Waals surface area contributed by atoms with Gasteiger partial charge in [-0.25, -0.2) is 0 Å². The molecule has 4 heteroatoms. The molecule has 0 unspecified atom stereocenters. The Morgan fingerprint density at radius 1 is 1.25 bits per heavy atom. The molecule has 1 aromatic carbocycles. The van der Waals surface area contributed by atoms with Gasteiger partial charge >= 0.3 is 0 Å². The molecule has 2 N–H and O–H groups in total. The first-order valence-electron chi connectivity index (χ1n) is 7.04. The van der Waals surface area contributed by atoms with Crippen molar-refractivity contribution in [2.75, 3.05) is 0 Å². The van der Waals surface area contributed by atoms with Gasteiger partial charge in [0, 0.05) is 43.6 Å². The van der Waals surface area contributed by atoms with Crippen LogP contribution in [0.2, 0.25) is 0 Å². The maximum atomic E-state index is 4.46. The number of rotatable bonds is 5. The van der Waals surface area contributed by atoms with E-state index in [1.54, 1.807) is 0 Å². The molecule has 0 amide bonds. The molecule has 2 aromatic heterocycles. The van der Waals surface area contributed by atoms with E-state index in [2.05, 4.69) is 52.8 Å². The van der Waals surface area contributed by atoms with Crippen molar-refractivity contribution in [2.45, 2.75) is 26.4 Å². The monoisotopic (exact) mass is 268 g/mol. The van der Waals surface area contributed by atoms with Crippen molar-refractivity contribution >= 4 is 10.9 Å². The summed E-state index contributed by atoms with van der Waals surface area (Å²) in [5.41, 5.74) is 4.96. The summed E-state index contributed by atoms with van der Waals surface area (Å²) in [6, 6.07) is 8.63. The molecule has 0 bridgehead atoms. The number of hydrogen-bond donors (Lipinski definition) is 2. The highest BCUT2D eigenvalue weighted by molar-refractivity contribution is 5.79. The zero-order valence-electron chi connectivity index (χ0n) is 12.0. The molecule has 104 valence electrons. The molecule has 0 aliphatic heterocycles. The van der Waals surface area contributed by atoms with Crippen molar-refractivity contribution < 1.29 is 0 Å². The van der Waals surface area contributed by atoms with E-state index in [9.17, 15) is 0 Å². The summed E-state index contributed by atoms with van der Waals surface area (Å²) in [7, 11) is 1.97. The number of aromatic amines is 1. The summed E-state index contributed by atoms with van der Waals surface area (Å²) in [4.78, 5) is 3.22. The zero-order chi connectivity index (χ0) is 13.9. The van der Waals surface area contributed by atoms with Gasteiger partial charge in [0.05, 0.1) is 5.69 Å². The first kappa shape index (κ1) is 12.9. The molecule has 0 radical (unpaired) electrons. The predicted molar refractivity (Wildman–Crippen MR) is 81.4 cm³/mol. The molecule has 0 atom stereocenters. The second-order valence-corrected chi connectivity index (χ2v) is 5.13. The average molecular weight is 268 g/mol. The molecular weight excluding hydrogens is 248 g/mol. The lowest BCUT2D eigenvalue weighted by Gasteiger charge is -2.05. The molecule has 3 aromatic rings. The molecule has 0 saturated carbocycles. The number of hydrogen-bond acceptors (Lipinski definition) is 2. The van der Waals surface area contributed by atoms with Crippen molar-refractivity contribution in [1.82, 2.24) is 20.1 Å². The fourth-order valence-electron chi connectivity index (χ4n) is 2.58. The molecule has 0 spiro atoms. The fourth-order valence-corrected chi connectivity index (χ4v) is 2.58. The Balaban J connectivity index is 1.64. The van der Waals surface area contributed by atoms with Gasteiger partial charge in [0.2, 0.25) is 0 Å². The van der Waals surface area contributed by atoms with Gasteiger partial charge in [-0.2, -0.15) is 5.10 Å². The van der Waals surface area contributed by atoms with Crippen LogP contribution in [0.4, 0.5) is 0 Å². The predicted octanol–water partition coefficient (Wildman–Crippen LogP) is 2.75. The van der Waals surface area contributed by atoms with E-state index in [4.69, 9.17) is 0 Å². The van der Waals surface area contributed by atoms with Gasteiger partial charge in [0.15, 0.2) is 0 Å². The van der Waals surface area contributed by atoms with Gasteiger partial charge < -0.3 is 10.3 Å². The first-order chi connectivity index (χ1) is 9.76. The minimum absolute atomic E-state index is 0.863. The number of aromatic nitrogens is 3. The summed E-state index contributed by atoms with van der Waals surface area (Å²) >= 11 is 0. The van der Waals surface area contributed by atoms with E-state index in [0.717, 1.165) is 19.5 Å². The molecular formula is C16H20N4. The largest absolute Gasteiger partial charge is 0.361 e. The Morgan fingerprint density at radius 3 is 3.00 bits per heavy atom. The minimum Gasteiger partial charge on any atom is -0.361 e. The van der Waals surface area contributed by atoms with Crippen LogP contribution in [-0.4, -0.2) is 14.8 Å². The van der Waals surface area contributed by atoms with Crippen LogP contribution in [-0.2, 0) is 26.6 Å². The number of nitrogens with zero attached hydrogens (tertiary/aromatic N) is 2. The highest BCUT2D eigenvalue weighted by atomic mass is 15.3. The van der Waals surface area contributed by atoms with E-state index < -0.39 is 0 Å². The third-order valence-corrected chi connectivity index (χ3v) is 3.59. The first-order valence-corrected chi connectivity index (χ1v) is 7.04. The second-order valence-electron chi connectivity index (χ2n) is 5.13. The third-order valence-electron chi connectivity index (χ3n) is 3.59. The van der Waals surface area contributed by atoms with Gasteiger partial charge in [0.1, 0.15) is 0 Å². The summed E-state index contributed by atoms with van der Waals surface area (Å²) in [5.74, 6) is 0. The van der Waals surface area contributed by atoms with Crippen molar-refractivity contribution in [1.29, 1.82) is 0 Å². The average Bonchev–Trinajstić information content (AvgIpc) is 3.04. The Kier molecular flexibility index (Phi) is 3.56. The van der Waals surface area contributed by atoms with Crippen molar-refractivity contribution in [3.8, 4) is 0 Å². The Morgan fingerprint density at radius 2 is 2.15 bits per heavy atom. The van der Waals surface area contributed by atoms with Gasteiger partial charge in [0.25, 0.3) is 0 Å².